The number of amides is 1. The molecule has 38 heavy (non-hydrogen) atoms. The lowest BCUT2D eigenvalue weighted by Gasteiger charge is -2.34. The van der Waals surface area contributed by atoms with Gasteiger partial charge in [-0.05, 0) is 49.1 Å². The number of hydrogen-bond acceptors (Lipinski definition) is 7. The highest BCUT2D eigenvalue weighted by atomic mass is 32.2. The number of sulfonamides is 1. The van der Waals surface area contributed by atoms with Gasteiger partial charge < -0.3 is 20.1 Å². The lowest BCUT2D eigenvalue weighted by Crippen LogP contribution is -2.50. The van der Waals surface area contributed by atoms with E-state index in [1.165, 1.54) is 16.4 Å². The van der Waals surface area contributed by atoms with Crippen molar-refractivity contribution in [2.24, 2.45) is 4.99 Å². The van der Waals surface area contributed by atoms with Crippen molar-refractivity contribution in [3.8, 4) is 5.75 Å². The molecule has 1 spiro atoms. The Hall–Kier alpha value is -3.32. The Balaban J connectivity index is 1.25. The number of aryl methyl sites for hydroxylation is 1. The van der Waals surface area contributed by atoms with E-state index in [4.69, 9.17) is 5.11 Å². The van der Waals surface area contributed by atoms with E-state index < -0.39 is 21.7 Å². The molecule has 0 unspecified atom stereocenters. The predicted octanol–water partition coefficient (Wildman–Crippen LogP) is 1.54. The summed E-state index contributed by atoms with van der Waals surface area (Å²) in [5, 5.41) is 22.6. The summed E-state index contributed by atoms with van der Waals surface area (Å²) in [6, 6.07) is 13.7. The molecule has 2 aliphatic heterocycles. The molecule has 3 N–H and O–H groups in total. The normalized spacial score (nSPS) is 18.5. The number of aromatic nitrogens is 1. The van der Waals surface area contributed by atoms with E-state index in [2.05, 4.69) is 15.3 Å². The Morgan fingerprint density at radius 3 is 2.66 bits per heavy atom. The fourth-order valence-electron chi connectivity index (χ4n) is 5.14. The van der Waals surface area contributed by atoms with Gasteiger partial charge in [-0.1, -0.05) is 24.3 Å². The van der Waals surface area contributed by atoms with Crippen molar-refractivity contribution in [2.75, 3.05) is 25.4 Å². The minimum absolute atomic E-state index is 0.00341. The van der Waals surface area contributed by atoms with Crippen LogP contribution >= 0.6 is 0 Å². The quantitative estimate of drug-likeness (QED) is 0.374. The fourth-order valence-corrected chi connectivity index (χ4v) is 6.61. The van der Waals surface area contributed by atoms with Gasteiger partial charge >= 0.3 is 0 Å². The molecule has 1 atom stereocenters. The molecule has 3 heterocycles. The van der Waals surface area contributed by atoms with Crippen LogP contribution in [0, 0.1) is 0 Å². The van der Waals surface area contributed by atoms with Crippen LogP contribution in [0.25, 0.3) is 10.9 Å². The van der Waals surface area contributed by atoms with Gasteiger partial charge in [-0.25, -0.2) is 12.7 Å². The molecule has 1 amide bonds. The Morgan fingerprint density at radius 1 is 1.16 bits per heavy atom. The zero-order chi connectivity index (χ0) is 26.9. The molecule has 0 saturated carbocycles. The van der Waals surface area contributed by atoms with E-state index in [-0.39, 0.29) is 56.5 Å². The lowest BCUT2D eigenvalue weighted by molar-refractivity contribution is -0.124. The Kier molecular flexibility index (Phi) is 7.23. The number of aliphatic imine (C=N–C) groups is 1. The van der Waals surface area contributed by atoms with E-state index in [9.17, 15) is 22.8 Å². The largest absolute Gasteiger partial charge is 0.394 e. The third kappa shape index (κ3) is 5.04. The maximum absolute atomic E-state index is 13.2. The zero-order valence-electron chi connectivity index (χ0n) is 20.6. The highest BCUT2D eigenvalue weighted by molar-refractivity contribution is 7.89. The summed E-state index contributed by atoms with van der Waals surface area (Å²) in [5.41, 5.74) is 1.19. The van der Waals surface area contributed by atoms with Crippen molar-refractivity contribution in [3.63, 3.8) is 0 Å². The molecule has 0 bridgehead atoms. The summed E-state index contributed by atoms with van der Waals surface area (Å²) in [6.45, 7) is 0.230. The monoisotopic (exact) mass is 544 g/mol. The average Bonchev–Trinajstić information content (AvgIpc) is 3.48. The number of piperidine rings is 1. The van der Waals surface area contributed by atoms with Crippen LogP contribution in [-0.2, 0) is 27.8 Å². The SMILES string of the molecule is O=C1NC(c2cccc(OF)c2)=NC12CCN(S(=O)(=O)CCc1cccc3c1ccn3C[C@H](O)CO)CC2. The molecule has 10 nitrogen and oxygen atoms in total. The van der Waals surface area contributed by atoms with Crippen LogP contribution in [0.2, 0.25) is 0 Å². The van der Waals surface area contributed by atoms with Gasteiger partial charge in [0, 0.05) is 40.3 Å². The van der Waals surface area contributed by atoms with Crippen LogP contribution in [0.5, 0.6) is 5.75 Å². The van der Waals surface area contributed by atoms with Gasteiger partial charge in [-0.3, -0.25) is 14.7 Å². The molecule has 5 rings (SSSR count). The zero-order valence-corrected chi connectivity index (χ0v) is 21.4. The number of aliphatic hydroxyl groups excluding tert-OH is 2. The second-order valence-corrected chi connectivity index (χ2v) is 11.8. The number of hydrogen-bond donors (Lipinski definition) is 3. The Bertz CT molecular complexity index is 1480. The standard InChI is InChI=1S/C26H29FN4O6S/c27-37-21-5-1-4-19(15-21)24-28-25(34)26(29-24)9-12-31(13-10-26)38(35,36)14-8-18-3-2-6-23-22(18)7-11-30(23)16-20(33)17-32/h1-7,11,15,20,32-33H,8-10,12-14,16-17H2,(H,28,29,34)/t20-/m0/s1. The van der Waals surface area contributed by atoms with Gasteiger partial charge in [-0.2, -0.15) is 0 Å². The van der Waals surface area contributed by atoms with Gasteiger partial charge in [-0.15, -0.1) is 0 Å². The van der Waals surface area contributed by atoms with E-state index in [1.54, 1.807) is 12.1 Å². The average molecular weight is 545 g/mol. The first-order valence-corrected chi connectivity index (χ1v) is 14.0. The van der Waals surface area contributed by atoms with Crippen molar-refractivity contribution in [3.05, 3.63) is 65.9 Å². The Morgan fingerprint density at radius 2 is 1.92 bits per heavy atom. The third-order valence-electron chi connectivity index (χ3n) is 7.27. The second kappa shape index (κ2) is 10.4. The van der Waals surface area contributed by atoms with Gasteiger partial charge in [0.2, 0.25) is 10.0 Å². The van der Waals surface area contributed by atoms with Crippen LogP contribution in [-0.4, -0.2) is 76.3 Å². The molecule has 3 aromatic rings. The smallest absolute Gasteiger partial charge is 0.253 e. The molecular formula is C26H29FN4O6S. The number of halogens is 1. The molecule has 0 aliphatic carbocycles. The first-order valence-electron chi connectivity index (χ1n) is 12.4. The number of carbonyl (C=O) groups is 1. The summed E-state index contributed by atoms with van der Waals surface area (Å²) >= 11 is 0. The van der Waals surface area contributed by atoms with Gasteiger partial charge in [0.25, 0.3) is 5.91 Å². The van der Waals surface area contributed by atoms with Crippen molar-refractivity contribution in [2.45, 2.75) is 37.5 Å². The summed E-state index contributed by atoms with van der Waals surface area (Å²) in [5.74, 6) is -0.0630. The van der Waals surface area contributed by atoms with Gasteiger partial charge in [0.05, 0.1) is 25.0 Å². The first kappa shape index (κ1) is 26.3. The van der Waals surface area contributed by atoms with Crippen LogP contribution in [0.15, 0.2) is 59.7 Å². The summed E-state index contributed by atoms with van der Waals surface area (Å²) in [7, 11) is -3.59. The van der Waals surface area contributed by atoms with Crippen LogP contribution in [0.4, 0.5) is 4.53 Å². The third-order valence-corrected chi connectivity index (χ3v) is 9.14. The molecule has 1 saturated heterocycles. The van der Waals surface area contributed by atoms with E-state index in [0.717, 1.165) is 16.5 Å². The van der Waals surface area contributed by atoms with Gasteiger partial charge in [0.15, 0.2) is 5.75 Å². The summed E-state index contributed by atoms with van der Waals surface area (Å²) in [6.07, 6.45) is 1.73. The van der Waals surface area contributed by atoms with Crippen LogP contribution < -0.4 is 10.3 Å². The number of benzene rings is 2. The number of carbonyl (C=O) groups excluding carboxylic acids is 1. The number of amidine groups is 1. The first-order chi connectivity index (χ1) is 18.2. The number of nitrogens with zero attached hydrogens (tertiary/aromatic N) is 3. The second-order valence-electron chi connectivity index (χ2n) is 9.67. The molecule has 0 radical (unpaired) electrons. The van der Waals surface area contributed by atoms with E-state index in [0.29, 0.717) is 17.8 Å². The molecule has 12 heteroatoms. The molecule has 1 aromatic heterocycles. The molecule has 202 valence electrons. The van der Waals surface area contributed by atoms with E-state index >= 15 is 0 Å². The summed E-state index contributed by atoms with van der Waals surface area (Å²) in [4.78, 5) is 21.2. The molecule has 2 aromatic carbocycles. The molecule has 2 aliphatic rings. The fraction of sp³-hybridized carbons (Fsp3) is 0.385. The predicted molar refractivity (Wildman–Crippen MR) is 139 cm³/mol. The van der Waals surface area contributed by atoms with Crippen molar-refractivity contribution >= 4 is 32.7 Å². The van der Waals surface area contributed by atoms with Crippen LogP contribution in [0.3, 0.4) is 0 Å². The highest BCUT2D eigenvalue weighted by Gasteiger charge is 2.47. The minimum atomic E-state index is -3.59. The number of nitrogens with one attached hydrogen (secondary N) is 1. The number of fused-ring (bicyclic) bond motifs is 1. The van der Waals surface area contributed by atoms with E-state index in [1.807, 2.05) is 35.0 Å². The van der Waals surface area contributed by atoms with Crippen molar-refractivity contribution < 1.29 is 32.9 Å². The topological polar surface area (TPSA) is 133 Å². The lowest BCUT2D eigenvalue weighted by atomic mass is 9.89. The minimum Gasteiger partial charge on any atom is -0.394 e. The number of aliphatic hydroxyl groups is 2. The molecule has 1 fully saturated rings. The maximum atomic E-state index is 13.2. The van der Waals surface area contributed by atoms with Crippen LogP contribution in [0.1, 0.15) is 24.0 Å². The number of rotatable bonds is 9. The maximum Gasteiger partial charge on any atom is 0.253 e. The van der Waals surface area contributed by atoms with Crippen molar-refractivity contribution in [1.29, 1.82) is 0 Å². The van der Waals surface area contributed by atoms with Gasteiger partial charge in [0.1, 0.15) is 11.4 Å². The summed E-state index contributed by atoms with van der Waals surface area (Å²) < 4.78 is 42.2. The van der Waals surface area contributed by atoms with Crippen molar-refractivity contribution in [1.82, 2.24) is 14.2 Å². The Labute approximate surface area is 219 Å². The molecular weight excluding hydrogens is 515 g/mol. The highest BCUT2D eigenvalue weighted by Crippen LogP contribution is 2.33.